The van der Waals surface area contributed by atoms with Crippen LogP contribution in [0.3, 0.4) is 0 Å². The quantitative estimate of drug-likeness (QED) is 0.867. The van der Waals surface area contributed by atoms with Crippen molar-refractivity contribution in [3.05, 3.63) is 28.5 Å². The number of carbonyl (C=O) groups excluding carboxylic acids is 1. The highest BCUT2D eigenvalue weighted by atomic mass is 79.9. The van der Waals surface area contributed by atoms with E-state index >= 15 is 0 Å². The Kier molecular flexibility index (Phi) is 4.54. The molecule has 2 rings (SSSR count). The molecule has 0 aliphatic heterocycles. The number of hydrogen-bond acceptors (Lipinski definition) is 2. The lowest BCUT2D eigenvalue weighted by Crippen LogP contribution is -2.26. The van der Waals surface area contributed by atoms with Crippen LogP contribution in [0.25, 0.3) is 0 Å². The van der Waals surface area contributed by atoms with Gasteiger partial charge in [-0.15, -0.1) is 0 Å². The molecule has 92 valence electrons. The molecule has 1 aromatic heterocycles. The molecule has 1 fully saturated rings. The van der Waals surface area contributed by atoms with Gasteiger partial charge in [0.15, 0.2) is 0 Å². The van der Waals surface area contributed by atoms with E-state index in [1.807, 2.05) is 12.1 Å². The highest BCUT2D eigenvalue weighted by Gasteiger charge is 2.15. The molecule has 3 nitrogen and oxygen atoms in total. The first kappa shape index (κ1) is 12.6. The molecule has 1 saturated carbocycles. The topological polar surface area (TPSA) is 42.0 Å². The van der Waals surface area contributed by atoms with Crippen molar-refractivity contribution in [2.75, 3.05) is 6.54 Å². The van der Waals surface area contributed by atoms with Crippen molar-refractivity contribution in [2.24, 2.45) is 5.92 Å². The maximum atomic E-state index is 11.8. The van der Waals surface area contributed by atoms with Gasteiger partial charge in [-0.25, -0.2) is 4.98 Å². The third-order valence-electron chi connectivity index (χ3n) is 3.26. The minimum absolute atomic E-state index is 0.0794. The molecule has 1 aliphatic carbocycles. The molecule has 0 unspecified atom stereocenters. The van der Waals surface area contributed by atoms with Crippen LogP contribution in [0.1, 0.15) is 42.6 Å². The van der Waals surface area contributed by atoms with Gasteiger partial charge < -0.3 is 5.32 Å². The second-order valence-electron chi connectivity index (χ2n) is 4.54. The highest BCUT2D eigenvalue weighted by molar-refractivity contribution is 9.10. The average molecular weight is 297 g/mol. The molecule has 1 heterocycles. The molecule has 1 amide bonds. The Morgan fingerprint density at radius 1 is 1.41 bits per heavy atom. The summed E-state index contributed by atoms with van der Waals surface area (Å²) in [7, 11) is 0. The zero-order chi connectivity index (χ0) is 12.1. The molecule has 0 radical (unpaired) electrons. The van der Waals surface area contributed by atoms with Crippen LogP contribution in [0.15, 0.2) is 22.8 Å². The number of nitrogens with zero attached hydrogens (tertiary/aromatic N) is 1. The fourth-order valence-electron chi connectivity index (χ4n) is 2.31. The van der Waals surface area contributed by atoms with Gasteiger partial charge in [0.2, 0.25) is 0 Å². The number of halogens is 1. The summed E-state index contributed by atoms with van der Waals surface area (Å²) in [5.41, 5.74) is 0.478. The van der Waals surface area contributed by atoms with Crippen LogP contribution in [-0.2, 0) is 0 Å². The van der Waals surface area contributed by atoms with Gasteiger partial charge in [-0.2, -0.15) is 0 Å². The zero-order valence-electron chi connectivity index (χ0n) is 9.79. The molecule has 1 aromatic rings. The number of amides is 1. The van der Waals surface area contributed by atoms with Gasteiger partial charge in [-0.1, -0.05) is 31.7 Å². The first-order chi connectivity index (χ1) is 8.25. The van der Waals surface area contributed by atoms with Crippen molar-refractivity contribution < 1.29 is 4.79 Å². The standard InChI is InChI=1S/C13H17BrN2O/c14-12-7-3-6-11(16-12)13(17)15-9-8-10-4-1-2-5-10/h3,6-7,10H,1-2,4-5,8-9H2,(H,15,17). The fourth-order valence-corrected chi connectivity index (χ4v) is 2.66. The minimum Gasteiger partial charge on any atom is -0.351 e. The van der Waals surface area contributed by atoms with Crippen molar-refractivity contribution in [3.63, 3.8) is 0 Å². The molecule has 0 atom stereocenters. The Morgan fingerprint density at radius 2 is 2.18 bits per heavy atom. The van der Waals surface area contributed by atoms with Gasteiger partial charge in [0, 0.05) is 6.54 Å². The monoisotopic (exact) mass is 296 g/mol. The molecule has 0 spiro atoms. The Bertz CT molecular complexity index is 389. The lowest BCUT2D eigenvalue weighted by molar-refractivity contribution is 0.0946. The van der Waals surface area contributed by atoms with Crippen molar-refractivity contribution in [1.82, 2.24) is 10.3 Å². The lowest BCUT2D eigenvalue weighted by atomic mass is 10.0. The number of rotatable bonds is 4. The Morgan fingerprint density at radius 3 is 2.88 bits per heavy atom. The van der Waals surface area contributed by atoms with Crippen molar-refractivity contribution in [2.45, 2.75) is 32.1 Å². The van der Waals surface area contributed by atoms with E-state index in [0.717, 1.165) is 18.9 Å². The normalized spacial score (nSPS) is 16.1. The van der Waals surface area contributed by atoms with Crippen LogP contribution in [0.5, 0.6) is 0 Å². The van der Waals surface area contributed by atoms with E-state index in [4.69, 9.17) is 0 Å². The summed E-state index contributed by atoms with van der Waals surface area (Å²) >= 11 is 3.26. The van der Waals surface area contributed by atoms with Crippen LogP contribution in [-0.4, -0.2) is 17.4 Å². The van der Waals surface area contributed by atoms with Gasteiger partial charge in [-0.3, -0.25) is 4.79 Å². The second kappa shape index (κ2) is 6.15. The lowest BCUT2D eigenvalue weighted by Gasteiger charge is -2.09. The number of aromatic nitrogens is 1. The summed E-state index contributed by atoms with van der Waals surface area (Å²) in [5, 5.41) is 2.93. The molecule has 1 aliphatic rings. The zero-order valence-corrected chi connectivity index (χ0v) is 11.4. The molecular weight excluding hydrogens is 280 g/mol. The summed E-state index contributed by atoms with van der Waals surface area (Å²) in [6.07, 6.45) is 6.45. The Hall–Kier alpha value is -0.900. The molecule has 0 bridgehead atoms. The largest absolute Gasteiger partial charge is 0.351 e. The van der Waals surface area contributed by atoms with Gasteiger partial charge in [0.1, 0.15) is 10.3 Å². The van der Waals surface area contributed by atoms with Gasteiger partial charge in [0.05, 0.1) is 0 Å². The van der Waals surface area contributed by atoms with E-state index in [-0.39, 0.29) is 5.91 Å². The van der Waals surface area contributed by atoms with Crippen LogP contribution < -0.4 is 5.32 Å². The molecule has 0 saturated heterocycles. The maximum Gasteiger partial charge on any atom is 0.269 e. The number of hydrogen-bond donors (Lipinski definition) is 1. The number of nitrogens with one attached hydrogen (secondary N) is 1. The molecule has 17 heavy (non-hydrogen) atoms. The minimum atomic E-state index is -0.0794. The van der Waals surface area contributed by atoms with E-state index in [9.17, 15) is 4.79 Å². The third kappa shape index (κ3) is 3.80. The maximum absolute atomic E-state index is 11.8. The second-order valence-corrected chi connectivity index (χ2v) is 5.35. The third-order valence-corrected chi connectivity index (χ3v) is 3.70. The van der Waals surface area contributed by atoms with Crippen molar-refractivity contribution in [1.29, 1.82) is 0 Å². The van der Waals surface area contributed by atoms with Crippen LogP contribution in [0, 0.1) is 5.92 Å². The SMILES string of the molecule is O=C(NCCC1CCCC1)c1cccc(Br)n1. The fraction of sp³-hybridized carbons (Fsp3) is 0.538. The molecule has 0 aromatic carbocycles. The van der Waals surface area contributed by atoms with Crippen LogP contribution in [0.4, 0.5) is 0 Å². The number of carbonyl (C=O) groups is 1. The van der Waals surface area contributed by atoms with E-state index < -0.39 is 0 Å². The summed E-state index contributed by atoms with van der Waals surface area (Å²) in [5.74, 6) is 0.732. The van der Waals surface area contributed by atoms with E-state index in [2.05, 4.69) is 26.2 Å². The van der Waals surface area contributed by atoms with Crippen LogP contribution in [0.2, 0.25) is 0 Å². The molecular formula is C13H17BrN2O. The van der Waals surface area contributed by atoms with Gasteiger partial charge in [0.25, 0.3) is 5.91 Å². The van der Waals surface area contributed by atoms with Crippen molar-refractivity contribution >= 4 is 21.8 Å². The van der Waals surface area contributed by atoms with E-state index in [1.54, 1.807) is 6.07 Å². The molecule has 1 N–H and O–H groups in total. The van der Waals surface area contributed by atoms with Crippen molar-refractivity contribution in [3.8, 4) is 0 Å². The van der Waals surface area contributed by atoms with Gasteiger partial charge >= 0.3 is 0 Å². The highest BCUT2D eigenvalue weighted by Crippen LogP contribution is 2.26. The Balaban J connectivity index is 1.77. The summed E-state index contributed by atoms with van der Waals surface area (Å²) in [6, 6.07) is 5.37. The average Bonchev–Trinajstić information content (AvgIpc) is 2.82. The smallest absolute Gasteiger partial charge is 0.269 e. The summed E-state index contributed by atoms with van der Waals surface area (Å²) in [4.78, 5) is 15.9. The molecule has 4 heteroatoms. The van der Waals surface area contributed by atoms with Crippen LogP contribution >= 0.6 is 15.9 Å². The van der Waals surface area contributed by atoms with Gasteiger partial charge in [-0.05, 0) is 40.4 Å². The first-order valence-corrected chi connectivity index (χ1v) is 6.96. The summed E-state index contributed by atoms with van der Waals surface area (Å²) < 4.78 is 0.695. The van der Waals surface area contributed by atoms with E-state index in [0.29, 0.717) is 10.3 Å². The predicted octanol–water partition coefficient (Wildman–Crippen LogP) is 3.15. The number of pyridine rings is 1. The predicted molar refractivity (Wildman–Crippen MR) is 70.8 cm³/mol. The summed E-state index contributed by atoms with van der Waals surface area (Å²) in [6.45, 7) is 0.762. The van der Waals surface area contributed by atoms with E-state index in [1.165, 1.54) is 25.7 Å². The first-order valence-electron chi connectivity index (χ1n) is 6.16. The Labute approximate surface area is 110 Å².